The summed E-state index contributed by atoms with van der Waals surface area (Å²) < 4.78 is 6.30. The molecule has 0 aliphatic rings. The van der Waals surface area contributed by atoms with Gasteiger partial charge in [0.25, 0.3) is 0 Å². The average Bonchev–Trinajstić information content (AvgIpc) is 2.63. The topological polar surface area (TPSA) is 12.5 Å². The van der Waals surface area contributed by atoms with Crippen LogP contribution in [0.5, 0.6) is 0 Å². The van der Waals surface area contributed by atoms with Crippen LogP contribution in [0.2, 0.25) is 0 Å². The molecule has 2 unspecified atom stereocenters. The second-order valence-electron chi connectivity index (χ2n) is 10.4. The SMILES string of the molecule is CC(C)CCOC(CC(C)C)CC(C)CCN(CCC(C)C)Cc1ccccc1. The van der Waals surface area contributed by atoms with Gasteiger partial charge in [0, 0.05) is 13.2 Å². The minimum absolute atomic E-state index is 0.419. The highest BCUT2D eigenvalue weighted by atomic mass is 16.5. The van der Waals surface area contributed by atoms with Crippen molar-refractivity contribution in [2.45, 2.75) is 93.2 Å². The minimum Gasteiger partial charge on any atom is -0.378 e. The molecule has 29 heavy (non-hydrogen) atoms. The van der Waals surface area contributed by atoms with Gasteiger partial charge < -0.3 is 4.74 Å². The Labute approximate surface area is 182 Å². The monoisotopic (exact) mass is 403 g/mol. The molecule has 0 bridgehead atoms. The lowest BCUT2D eigenvalue weighted by molar-refractivity contribution is 0.0172. The van der Waals surface area contributed by atoms with E-state index in [0.717, 1.165) is 25.0 Å². The maximum atomic E-state index is 6.30. The summed E-state index contributed by atoms with van der Waals surface area (Å²) >= 11 is 0. The van der Waals surface area contributed by atoms with Gasteiger partial charge in [-0.25, -0.2) is 0 Å². The Kier molecular flexibility index (Phi) is 13.6. The smallest absolute Gasteiger partial charge is 0.0580 e. The third-order valence-corrected chi connectivity index (χ3v) is 5.66. The molecule has 0 aliphatic carbocycles. The van der Waals surface area contributed by atoms with E-state index in [1.807, 2.05) is 0 Å². The largest absolute Gasteiger partial charge is 0.378 e. The van der Waals surface area contributed by atoms with Gasteiger partial charge in [0.15, 0.2) is 0 Å². The minimum atomic E-state index is 0.419. The Morgan fingerprint density at radius 3 is 1.93 bits per heavy atom. The Hall–Kier alpha value is -0.860. The zero-order valence-corrected chi connectivity index (χ0v) is 20.5. The summed E-state index contributed by atoms with van der Waals surface area (Å²) in [6.07, 6.45) is 6.50. The van der Waals surface area contributed by atoms with Gasteiger partial charge in [-0.3, -0.25) is 4.90 Å². The fourth-order valence-electron chi connectivity index (χ4n) is 3.75. The highest BCUT2D eigenvalue weighted by Crippen LogP contribution is 2.21. The van der Waals surface area contributed by atoms with Gasteiger partial charge in [-0.05, 0) is 74.4 Å². The van der Waals surface area contributed by atoms with Gasteiger partial charge in [-0.2, -0.15) is 0 Å². The molecule has 0 fully saturated rings. The number of hydrogen-bond acceptors (Lipinski definition) is 2. The summed E-state index contributed by atoms with van der Waals surface area (Å²) in [5.74, 6) is 2.89. The van der Waals surface area contributed by atoms with Gasteiger partial charge in [-0.15, -0.1) is 0 Å². The Balaban J connectivity index is 2.53. The Morgan fingerprint density at radius 1 is 0.724 bits per heavy atom. The summed E-state index contributed by atoms with van der Waals surface area (Å²) in [6, 6.07) is 10.9. The fraction of sp³-hybridized carbons (Fsp3) is 0.778. The first kappa shape index (κ1) is 26.2. The molecule has 0 heterocycles. The number of hydrogen-bond donors (Lipinski definition) is 0. The van der Waals surface area contributed by atoms with Crippen molar-refractivity contribution in [1.82, 2.24) is 4.90 Å². The van der Waals surface area contributed by atoms with E-state index in [9.17, 15) is 0 Å². The predicted molar refractivity (Wildman–Crippen MR) is 128 cm³/mol. The highest BCUT2D eigenvalue weighted by Gasteiger charge is 2.17. The first-order valence-corrected chi connectivity index (χ1v) is 12.1. The summed E-state index contributed by atoms with van der Waals surface area (Å²) in [7, 11) is 0. The van der Waals surface area contributed by atoms with Crippen molar-refractivity contribution in [1.29, 1.82) is 0 Å². The van der Waals surface area contributed by atoms with Crippen LogP contribution in [0.25, 0.3) is 0 Å². The second kappa shape index (κ2) is 15.0. The van der Waals surface area contributed by atoms with Crippen molar-refractivity contribution in [3.05, 3.63) is 35.9 Å². The van der Waals surface area contributed by atoms with E-state index in [1.54, 1.807) is 0 Å². The number of rotatable bonds is 16. The van der Waals surface area contributed by atoms with Crippen molar-refractivity contribution in [3.63, 3.8) is 0 Å². The summed E-state index contributed by atoms with van der Waals surface area (Å²) in [5.41, 5.74) is 1.43. The van der Waals surface area contributed by atoms with Gasteiger partial charge in [-0.1, -0.05) is 78.8 Å². The zero-order chi connectivity index (χ0) is 21.6. The Morgan fingerprint density at radius 2 is 1.34 bits per heavy atom. The summed E-state index contributed by atoms with van der Waals surface area (Å²) in [6.45, 7) is 20.6. The van der Waals surface area contributed by atoms with Crippen molar-refractivity contribution in [3.8, 4) is 0 Å². The summed E-state index contributed by atoms with van der Waals surface area (Å²) in [5, 5.41) is 0. The summed E-state index contributed by atoms with van der Waals surface area (Å²) in [4.78, 5) is 2.66. The van der Waals surface area contributed by atoms with Crippen LogP contribution in [-0.2, 0) is 11.3 Å². The molecule has 1 aromatic rings. The van der Waals surface area contributed by atoms with Gasteiger partial charge in [0.1, 0.15) is 0 Å². The van der Waals surface area contributed by atoms with E-state index < -0.39 is 0 Å². The van der Waals surface area contributed by atoms with Gasteiger partial charge in [0.2, 0.25) is 0 Å². The standard InChI is InChI=1S/C27H49NO/c1-22(2)13-16-28(21-26-11-9-8-10-12-26)17-14-25(7)20-27(19-24(5)6)29-18-15-23(3)4/h8-12,22-25,27H,13-21H2,1-7H3. The first-order valence-electron chi connectivity index (χ1n) is 12.1. The molecule has 168 valence electrons. The molecule has 0 saturated carbocycles. The van der Waals surface area contributed by atoms with Crippen molar-refractivity contribution in [2.75, 3.05) is 19.7 Å². The molecule has 0 aliphatic heterocycles. The van der Waals surface area contributed by atoms with Gasteiger partial charge in [0.05, 0.1) is 6.10 Å². The lowest BCUT2D eigenvalue weighted by atomic mass is 9.94. The third kappa shape index (κ3) is 13.9. The fourth-order valence-corrected chi connectivity index (χ4v) is 3.75. The van der Waals surface area contributed by atoms with Crippen molar-refractivity contribution in [2.24, 2.45) is 23.7 Å². The van der Waals surface area contributed by atoms with Crippen LogP contribution < -0.4 is 0 Å². The number of benzene rings is 1. The predicted octanol–water partition coefficient (Wildman–Crippen LogP) is 7.43. The van der Waals surface area contributed by atoms with Crippen LogP contribution in [0.1, 0.15) is 86.1 Å². The molecule has 2 atom stereocenters. The van der Waals surface area contributed by atoms with Crippen LogP contribution in [0.4, 0.5) is 0 Å². The third-order valence-electron chi connectivity index (χ3n) is 5.66. The molecule has 0 radical (unpaired) electrons. The van der Waals surface area contributed by atoms with E-state index in [0.29, 0.717) is 17.9 Å². The van der Waals surface area contributed by atoms with Crippen LogP contribution in [0, 0.1) is 23.7 Å². The van der Waals surface area contributed by atoms with Crippen LogP contribution in [0.15, 0.2) is 30.3 Å². The lowest BCUT2D eigenvalue weighted by Gasteiger charge is -2.27. The normalized spacial score (nSPS) is 14.3. The molecule has 0 amide bonds. The first-order chi connectivity index (χ1) is 13.8. The highest BCUT2D eigenvalue weighted by molar-refractivity contribution is 5.14. The van der Waals surface area contributed by atoms with E-state index in [-0.39, 0.29) is 0 Å². The van der Waals surface area contributed by atoms with E-state index in [4.69, 9.17) is 4.74 Å². The zero-order valence-electron chi connectivity index (χ0n) is 20.5. The maximum Gasteiger partial charge on any atom is 0.0580 e. The molecule has 0 saturated heterocycles. The van der Waals surface area contributed by atoms with Crippen LogP contribution in [0.3, 0.4) is 0 Å². The molecule has 2 heteroatoms. The molecule has 0 spiro atoms. The number of nitrogens with zero attached hydrogens (tertiary/aromatic N) is 1. The quantitative estimate of drug-likeness (QED) is 0.284. The van der Waals surface area contributed by atoms with E-state index in [2.05, 4.69) is 83.7 Å². The average molecular weight is 404 g/mol. The Bertz CT molecular complexity index is 497. The molecular weight excluding hydrogens is 354 g/mol. The molecule has 1 rings (SSSR count). The maximum absolute atomic E-state index is 6.30. The molecular formula is C27H49NO. The molecule has 2 nitrogen and oxygen atoms in total. The van der Waals surface area contributed by atoms with Crippen molar-refractivity contribution < 1.29 is 4.74 Å². The lowest BCUT2D eigenvalue weighted by Crippen LogP contribution is -2.28. The number of ether oxygens (including phenoxy) is 1. The van der Waals surface area contributed by atoms with E-state index in [1.165, 1.54) is 50.8 Å². The second-order valence-corrected chi connectivity index (χ2v) is 10.4. The molecule has 0 N–H and O–H groups in total. The molecule has 1 aromatic carbocycles. The van der Waals surface area contributed by atoms with Crippen LogP contribution in [-0.4, -0.2) is 30.7 Å². The molecule has 0 aromatic heterocycles. The van der Waals surface area contributed by atoms with Crippen molar-refractivity contribution >= 4 is 0 Å². The van der Waals surface area contributed by atoms with E-state index >= 15 is 0 Å². The van der Waals surface area contributed by atoms with Gasteiger partial charge >= 0.3 is 0 Å². The van der Waals surface area contributed by atoms with Crippen LogP contribution >= 0.6 is 0 Å².